The largest absolute Gasteiger partial charge is 0.467 e. The molecule has 0 spiro atoms. The van der Waals surface area contributed by atoms with Crippen molar-refractivity contribution in [3.63, 3.8) is 0 Å². The SMILES string of the molecule is Cc1ccc(NC(N)=NCc2ccco2)cc1C.I. The molecule has 1 aromatic carbocycles. The molecule has 0 saturated carbocycles. The molecule has 0 radical (unpaired) electrons. The van der Waals surface area contributed by atoms with Crippen molar-refractivity contribution in [3.05, 3.63) is 53.5 Å². The van der Waals surface area contributed by atoms with Crippen molar-refractivity contribution in [2.45, 2.75) is 20.4 Å². The molecule has 1 heterocycles. The van der Waals surface area contributed by atoms with Crippen LogP contribution in [0.3, 0.4) is 0 Å². The lowest BCUT2D eigenvalue weighted by atomic mass is 10.1. The molecule has 4 nitrogen and oxygen atoms in total. The van der Waals surface area contributed by atoms with Gasteiger partial charge < -0.3 is 15.5 Å². The van der Waals surface area contributed by atoms with Crippen LogP contribution in [-0.2, 0) is 6.54 Å². The van der Waals surface area contributed by atoms with E-state index in [0.29, 0.717) is 12.5 Å². The second-order valence-corrected chi connectivity index (χ2v) is 4.20. The standard InChI is InChI=1S/C14H17N3O.HI/c1-10-5-6-12(8-11(10)2)17-14(15)16-9-13-4-3-7-18-13;/h3-8H,9H2,1-2H3,(H3,15,16,17);1H. The summed E-state index contributed by atoms with van der Waals surface area (Å²) in [6.07, 6.45) is 1.62. The quantitative estimate of drug-likeness (QED) is 0.494. The third kappa shape index (κ3) is 4.59. The molecule has 0 bridgehead atoms. The van der Waals surface area contributed by atoms with Crippen molar-refractivity contribution >= 4 is 35.6 Å². The molecule has 102 valence electrons. The van der Waals surface area contributed by atoms with Gasteiger partial charge in [0, 0.05) is 5.69 Å². The molecule has 0 amide bonds. The number of nitrogens with two attached hydrogens (primary N) is 1. The van der Waals surface area contributed by atoms with Crippen molar-refractivity contribution in [2.75, 3.05) is 5.32 Å². The van der Waals surface area contributed by atoms with Gasteiger partial charge in [0.25, 0.3) is 0 Å². The molecule has 5 heteroatoms. The fourth-order valence-corrected chi connectivity index (χ4v) is 1.57. The van der Waals surface area contributed by atoms with Gasteiger partial charge in [-0.05, 0) is 49.2 Å². The van der Waals surface area contributed by atoms with Gasteiger partial charge in [-0.1, -0.05) is 6.07 Å². The van der Waals surface area contributed by atoms with Crippen molar-refractivity contribution in [1.29, 1.82) is 0 Å². The number of guanidine groups is 1. The van der Waals surface area contributed by atoms with E-state index < -0.39 is 0 Å². The number of furan rings is 1. The molecule has 0 atom stereocenters. The molecular weight excluding hydrogens is 353 g/mol. The number of nitrogens with one attached hydrogen (secondary N) is 1. The highest BCUT2D eigenvalue weighted by atomic mass is 127. The lowest BCUT2D eigenvalue weighted by Gasteiger charge is -2.07. The van der Waals surface area contributed by atoms with E-state index in [-0.39, 0.29) is 24.0 Å². The highest BCUT2D eigenvalue weighted by Crippen LogP contribution is 2.13. The van der Waals surface area contributed by atoms with E-state index in [9.17, 15) is 0 Å². The van der Waals surface area contributed by atoms with Crippen LogP contribution in [0.25, 0.3) is 0 Å². The Bertz CT molecular complexity index is 550. The topological polar surface area (TPSA) is 63.5 Å². The minimum absolute atomic E-state index is 0. The number of rotatable bonds is 3. The summed E-state index contributed by atoms with van der Waals surface area (Å²) in [7, 11) is 0. The normalized spacial score (nSPS) is 10.9. The van der Waals surface area contributed by atoms with E-state index in [1.54, 1.807) is 6.26 Å². The van der Waals surface area contributed by atoms with Gasteiger partial charge in [0.05, 0.1) is 6.26 Å². The molecule has 19 heavy (non-hydrogen) atoms. The van der Waals surface area contributed by atoms with Crippen molar-refractivity contribution in [1.82, 2.24) is 0 Å². The maximum Gasteiger partial charge on any atom is 0.193 e. The van der Waals surface area contributed by atoms with E-state index in [2.05, 4.69) is 30.2 Å². The Labute approximate surface area is 130 Å². The summed E-state index contributed by atoms with van der Waals surface area (Å²) in [5.41, 5.74) is 9.23. The van der Waals surface area contributed by atoms with Crippen LogP contribution in [0.4, 0.5) is 5.69 Å². The number of halogens is 1. The summed E-state index contributed by atoms with van der Waals surface area (Å²) < 4.78 is 5.18. The Hall–Kier alpha value is -1.50. The number of aryl methyl sites for hydroxylation is 2. The summed E-state index contributed by atoms with van der Waals surface area (Å²) in [5.74, 6) is 1.18. The molecule has 3 N–H and O–H groups in total. The zero-order valence-electron chi connectivity index (χ0n) is 11.0. The van der Waals surface area contributed by atoms with Gasteiger partial charge in [-0.25, -0.2) is 4.99 Å². The molecule has 2 rings (SSSR count). The minimum atomic E-state index is 0. The predicted molar refractivity (Wildman–Crippen MR) is 89.0 cm³/mol. The zero-order chi connectivity index (χ0) is 13.0. The Balaban J connectivity index is 0.00000180. The molecule has 0 unspecified atom stereocenters. The van der Waals surface area contributed by atoms with Gasteiger partial charge in [-0.2, -0.15) is 0 Å². The Morgan fingerprint density at radius 3 is 2.68 bits per heavy atom. The van der Waals surface area contributed by atoms with Crippen LogP contribution in [0.1, 0.15) is 16.9 Å². The number of aliphatic imine (C=N–C) groups is 1. The van der Waals surface area contributed by atoms with Gasteiger partial charge in [0.15, 0.2) is 5.96 Å². The third-order valence-electron chi connectivity index (χ3n) is 2.76. The third-order valence-corrected chi connectivity index (χ3v) is 2.76. The van der Waals surface area contributed by atoms with E-state index in [4.69, 9.17) is 10.2 Å². The monoisotopic (exact) mass is 371 g/mol. The number of hydrogen-bond donors (Lipinski definition) is 2. The molecule has 0 aliphatic rings. The number of anilines is 1. The number of hydrogen-bond acceptors (Lipinski definition) is 2. The zero-order valence-corrected chi connectivity index (χ0v) is 13.3. The maximum absolute atomic E-state index is 5.81. The molecule has 0 aliphatic heterocycles. The molecule has 0 aliphatic carbocycles. The van der Waals surface area contributed by atoms with Crippen LogP contribution in [0.2, 0.25) is 0 Å². The first-order chi connectivity index (χ1) is 8.65. The van der Waals surface area contributed by atoms with Gasteiger partial charge >= 0.3 is 0 Å². The Morgan fingerprint density at radius 2 is 2.05 bits per heavy atom. The van der Waals surface area contributed by atoms with Crippen LogP contribution >= 0.6 is 24.0 Å². The van der Waals surface area contributed by atoms with E-state index in [1.807, 2.05) is 24.3 Å². The van der Waals surface area contributed by atoms with E-state index in [0.717, 1.165) is 11.4 Å². The molecule has 0 fully saturated rings. The van der Waals surface area contributed by atoms with Gasteiger partial charge in [-0.15, -0.1) is 24.0 Å². The van der Waals surface area contributed by atoms with Crippen LogP contribution in [0.15, 0.2) is 46.0 Å². The lowest BCUT2D eigenvalue weighted by molar-refractivity contribution is 0.513. The van der Waals surface area contributed by atoms with Crippen molar-refractivity contribution in [3.8, 4) is 0 Å². The predicted octanol–water partition coefficient (Wildman–Crippen LogP) is 3.44. The summed E-state index contributed by atoms with van der Waals surface area (Å²) in [6.45, 7) is 4.58. The summed E-state index contributed by atoms with van der Waals surface area (Å²) >= 11 is 0. The molecular formula is C14H18IN3O. The average molecular weight is 371 g/mol. The van der Waals surface area contributed by atoms with Crippen molar-refractivity contribution in [2.24, 2.45) is 10.7 Å². The lowest BCUT2D eigenvalue weighted by Crippen LogP contribution is -2.22. The average Bonchev–Trinajstić information content (AvgIpc) is 2.84. The van der Waals surface area contributed by atoms with Crippen LogP contribution in [0, 0.1) is 13.8 Å². The first-order valence-corrected chi connectivity index (χ1v) is 5.82. The smallest absolute Gasteiger partial charge is 0.193 e. The van der Waals surface area contributed by atoms with Crippen LogP contribution < -0.4 is 11.1 Å². The van der Waals surface area contributed by atoms with Gasteiger partial charge in [0.2, 0.25) is 0 Å². The first kappa shape index (κ1) is 15.6. The van der Waals surface area contributed by atoms with Crippen LogP contribution in [-0.4, -0.2) is 5.96 Å². The summed E-state index contributed by atoms with van der Waals surface area (Å²) in [5, 5.41) is 3.06. The molecule has 2 aromatic rings. The second-order valence-electron chi connectivity index (χ2n) is 4.20. The van der Waals surface area contributed by atoms with Crippen LogP contribution in [0.5, 0.6) is 0 Å². The fraction of sp³-hybridized carbons (Fsp3) is 0.214. The number of nitrogens with zero attached hydrogens (tertiary/aromatic N) is 1. The van der Waals surface area contributed by atoms with Gasteiger partial charge in [0.1, 0.15) is 12.3 Å². The summed E-state index contributed by atoms with van der Waals surface area (Å²) in [4.78, 5) is 4.20. The first-order valence-electron chi connectivity index (χ1n) is 5.82. The summed E-state index contributed by atoms with van der Waals surface area (Å²) in [6, 6.07) is 9.78. The van der Waals surface area contributed by atoms with E-state index in [1.165, 1.54) is 11.1 Å². The molecule has 1 aromatic heterocycles. The Morgan fingerprint density at radius 1 is 1.26 bits per heavy atom. The van der Waals surface area contributed by atoms with E-state index >= 15 is 0 Å². The maximum atomic E-state index is 5.81. The fourth-order valence-electron chi connectivity index (χ4n) is 1.57. The number of benzene rings is 1. The van der Waals surface area contributed by atoms with Gasteiger partial charge in [-0.3, -0.25) is 0 Å². The minimum Gasteiger partial charge on any atom is -0.467 e. The Kier molecular flexibility index (Phi) is 5.88. The second kappa shape index (κ2) is 7.18. The van der Waals surface area contributed by atoms with Crippen molar-refractivity contribution < 1.29 is 4.42 Å². The highest BCUT2D eigenvalue weighted by Gasteiger charge is 1.99. The molecule has 0 saturated heterocycles. The highest BCUT2D eigenvalue weighted by molar-refractivity contribution is 14.0.